The third-order valence-corrected chi connectivity index (χ3v) is 3.79. The van der Waals surface area contributed by atoms with Crippen molar-refractivity contribution < 1.29 is 13.6 Å². The summed E-state index contributed by atoms with van der Waals surface area (Å²) in [4.78, 5) is 16.5. The minimum absolute atomic E-state index is 0.0625. The molecule has 1 amide bonds. The number of hydrogen-bond acceptors (Lipinski definition) is 3. The van der Waals surface area contributed by atoms with Crippen LogP contribution in [0, 0.1) is 11.6 Å². The molecular formula is C20H17F2N3O. The molecule has 3 rings (SSSR count). The Morgan fingerprint density at radius 2 is 1.77 bits per heavy atom. The van der Waals surface area contributed by atoms with Gasteiger partial charge in [0.05, 0.1) is 24.0 Å². The van der Waals surface area contributed by atoms with Crippen molar-refractivity contribution in [3.05, 3.63) is 95.8 Å². The van der Waals surface area contributed by atoms with Gasteiger partial charge >= 0.3 is 0 Å². The molecule has 0 fully saturated rings. The van der Waals surface area contributed by atoms with Gasteiger partial charge in [-0.3, -0.25) is 15.1 Å². The number of anilines is 1. The zero-order chi connectivity index (χ0) is 18.4. The minimum atomic E-state index is -0.817. The van der Waals surface area contributed by atoms with Crippen molar-refractivity contribution in [3.8, 4) is 0 Å². The van der Waals surface area contributed by atoms with Gasteiger partial charge in [-0.2, -0.15) is 0 Å². The van der Waals surface area contributed by atoms with Crippen LogP contribution in [0.15, 0.2) is 72.9 Å². The van der Waals surface area contributed by atoms with Crippen LogP contribution < -0.4 is 10.6 Å². The average molecular weight is 353 g/mol. The topological polar surface area (TPSA) is 54.0 Å². The summed E-state index contributed by atoms with van der Waals surface area (Å²) in [6.07, 6.45) is 1.68. The number of aromatic nitrogens is 1. The van der Waals surface area contributed by atoms with Crippen LogP contribution in [0.1, 0.15) is 17.3 Å². The summed E-state index contributed by atoms with van der Waals surface area (Å²) in [5.41, 5.74) is 1.65. The van der Waals surface area contributed by atoms with Crippen LogP contribution in [0.3, 0.4) is 0 Å². The minimum Gasteiger partial charge on any atom is -0.322 e. The summed E-state index contributed by atoms with van der Waals surface area (Å²) in [6.45, 7) is -0.0625. The standard InChI is InChI=1S/C20H17F2N3O/c21-15-9-10-17(16(22)12-15)25-19(26)13-24-20(14-6-2-1-3-7-14)18-8-4-5-11-23-18/h1-12,20,24H,13H2,(H,25,26). The van der Waals surface area contributed by atoms with E-state index in [1.165, 1.54) is 6.07 Å². The Bertz CT molecular complexity index is 833. The molecule has 0 aliphatic rings. The fourth-order valence-corrected chi connectivity index (χ4v) is 2.57. The molecule has 1 heterocycles. The SMILES string of the molecule is O=C(CNC(c1ccccc1)c1ccccn1)Nc1ccc(F)cc1F. The molecule has 4 nitrogen and oxygen atoms in total. The molecule has 0 bridgehead atoms. The molecule has 1 atom stereocenters. The number of halogens is 2. The highest BCUT2D eigenvalue weighted by Crippen LogP contribution is 2.20. The molecule has 3 aromatic rings. The molecule has 0 aliphatic carbocycles. The van der Waals surface area contributed by atoms with Crippen LogP contribution in [-0.2, 0) is 4.79 Å². The number of carbonyl (C=O) groups excluding carboxylic acids is 1. The van der Waals surface area contributed by atoms with Gasteiger partial charge in [0, 0.05) is 12.3 Å². The molecule has 2 N–H and O–H groups in total. The van der Waals surface area contributed by atoms with Crippen LogP contribution in [0.2, 0.25) is 0 Å². The van der Waals surface area contributed by atoms with E-state index < -0.39 is 17.5 Å². The van der Waals surface area contributed by atoms with Crippen LogP contribution in [0.4, 0.5) is 14.5 Å². The maximum absolute atomic E-state index is 13.7. The van der Waals surface area contributed by atoms with Crippen molar-refractivity contribution in [2.24, 2.45) is 0 Å². The lowest BCUT2D eigenvalue weighted by Crippen LogP contribution is -2.32. The maximum Gasteiger partial charge on any atom is 0.238 e. The Morgan fingerprint density at radius 1 is 1.00 bits per heavy atom. The first-order valence-electron chi connectivity index (χ1n) is 8.07. The van der Waals surface area contributed by atoms with Gasteiger partial charge in [0.15, 0.2) is 0 Å². The average Bonchev–Trinajstić information content (AvgIpc) is 2.66. The Balaban J connectivity index is 1.71. The van der Waals surface area contributed by atoms with Crippen molar-refractivity contribution in [2.75, 3.05) is 11.9 Å². The molecule has 0 saturated heterocycles. The van der Waals surface area contributed by atoms with E-state index in [1.54, 1.807) is 6.20 Å². The van der Waals surface area contributed by atoms with Gasteiger partial charge in [0.25, 0.3) is 0 Å². The lowest BCUT2D eigenvalue weighted by molar-refractivity contribution is -0.115. The number of nitrogens with zero attached hydrogens (tertiary/aromatic N) is 1. The van der Waals surface area contributed by atoms with Gasteiger partial charge in [0.2, 0.25) is 5.91 Å². The number of amides is 1. The largest absolute Gasteiger partial charge is 0.322 e. The molecule has 0 radical (unpaired) electrons. The normalized spacial score (nSPS) is 11.8. The Labute approximate surface area is 149 Å². The van der Waals surface area contributed by atoms with Crippen molar-refractivity contribution in [1.82, 2.24) is 10.3 Å². The van der Waals surface area contributed by atoms with Gasteiger partial charge in [0.1, 0.15) is 11.6 Å². The summed E-state index contributed by atoms with van der Waals surface area (Å²) < 4.78 is 26.6. The summed E-state index contributed by atoms with van der Waals surface area (Å²) in [7, 11) is 0. The number of hydrogen-bond donors (Lipinski definition) is 2. The van der Waals surface area contributed by atoms with E-state index in [1.807, 2.05) is 48.5 Å². The number of nitrogens with one attached hydrogen (secondary N) is 2. The first-order valence-corrected chi connectivity index (χ1v) is 8.07. The molecule has 0 spiro atoms. The zero-order valence-corrected chi connectivity index (χ0v) is 13.8. The molecule has 2 aromatic carbocycles. The second-order valence-electron chi connectivity index (χ2n) is 5.65. The highest BCUT2D eigenvalue weighted by Gasteiger charge is 2.16. The van der Waals surface area contributed by atoms with E-state index in [-0.39, 0.29) is 18.3 Å². The first kappa shape index (κ1) is 17.7. The number of benzene rings is 2. The zero-order valence-electron chi connectivity index (χ0n) is 13.8. The summed E-state index contributed by atoms with van der Waals surface area (Å²) in [5.74, 6) is -1.95. The van der Waals surface area contributed by atoms with E-state index in [9.17, 15) is 13.6 Å². The first-order chi connectivity index (χ1) is 12.6. The molecule has 0 aliphatic heterocycles. The highest BCUT2D eigenvalue weighted by molar-refractivity contribution is 5.92. The lowest BCUT2D eigenvalue weighted by Gasteiger charge is -2.18. The van der Waals surface area contributed by atoms with Gasteiger partial charge in [-0.15, -0.1) is 0 Å². The van der Waals surface area contributed by atoms with Crippen LogP contribution >= 0.6 is 0 Å². The highest BCUT2D eigenvalue weighted by atomic mass is 19.1. The molecule has 0 saturated carbocycles. The molecule has 26 heavy (non-hydrogen) atoms. The molecule has 1 unspecified atom stereocenters. The van der Waals surface area contributed by atoms with E-state index in [0.717, 1.165) is 23.4 Å². The Kier molecular flexibility index (Phi) is 5.66. The fraction of sp³-hybridized carbons (Fsp3) is 0.100. The summed E-state index contributed by atoms with van der Waals surface area (Å²) >= 11 is 0. The van der Waals surface area contributed by atoms with Crippen LogP contribution in [0.5, 0.6) is 0 Å². The summed E-state index contributed by atoms with van der Waals surface area (Å²) in [5, 5.41) is 5.56. The van der Waals surface area contributed by atoms with Gasteiger partial charge in [-0.1, -0.05) is 36.4 Å². The maximum atomic E-state index is 13.7. The molecular weight excluding hydrogens is 336 g/mol. The third kappa shape index (κ3) is 4.49. The molecule has 1 aromatic heterocycles. The second kappa shape index (κ2) is 8.31. The van der Waals surface area contributed by atoms with Gasteiger partial charge in [-0.25, -0.2) is 8.78 Å². The molecule has 132 valence electrons. The predicted molar refractivity (Wildman–Crippen MR) is 95.5 cm³/mol. The van der Waals surface area contributed by atoms with E-state index in [0.29, 0.717) is 0 Å². The van der Waals surface area contributed by atoms with Crippen LogP contribution in [-0.4, -0.2) is 17.4 Å². The van der Waals surface area contributed by atoms with E-state index in [4.69, 9.17) is 0 Å². The summed E-state index contributed by atoms with van der Waals surface area (Å²) in [6, 6.07) is 17.8. The van der Waals surface area contributed by atoms with E-state index in [2.05, 4.69) is 15.6 Å². The Hall–Kier alpha value is -3.12. The van der Waals surface area contributed by atoms with Crippen molar-refractivity contribution in [2.45, 2.75) is 6.04 Å². The quantitative estimate of drug-likeness (QED) is 0.711. The lowest BCUT2D eigenvalue weighted by atomic mass is 10.0. The Morgan fingerprint density at radius 3 is 2.46 bits per heavy atom. The molecule has 6 heteroatoms. The third-order valence-electron chi connectivity index (χ3n) is 3.79. The smallest absolute Gasteiger partial charge is 0.238 e. The van der Waals surface area contributed by atoms with Crippen molar-refractivity contribution >= 4 is 11.6 Å². The number of pyridine rings is 1. The number of rotatable bonds is 6. The second-order valence-corrected chi connectivity index (χ2v) is 5.65. The van der Waals surface area contributed by atoms with Gasteiger partial charge in [-0.05, 0) is 29.8 Å². The van der Waals surface area contributed by atoms with Gasteiger partial charge < -0.3 is 5.32 Å². The van der Waals surface area contributed by atoms with E-state index >= 15 is 0 Å². The van der Waals surface area contributed by atoms with Crippen molar-refractivity contribution in [3.63, 3.8) is 0 Å². The predicted octanol–water partition coefficient (Wildman–Crippen LogP) is 3.68. The monoisotopic (exact) mass is 353 g/mol. The van der Waals surface area contributed by atoms with Crippen LogP contribution in [0.25, 0.3) is 0 Å². The number of carbonyl (C=O) groups is 1. The fourth-order valence-electron chi connectivity index (χ4n) is 2.57. The van der Waals surface area contributed by atoms with Crippen molar-refractivity contribution in [1.29, 1.82) is 0 Å².